The SMILES string of the molecule is CC(C)N1CCOC(COc2cc(N(C)C)ccc2N)C1. The normalized spacial score (nSPS) is 19.8. The molecule has 118 valence electrons. The van der Waals surface area contributed by atoms with Crippen molar-refractivity contribution >= 4 is 11.4 Å². The summed E-state index contributed by atoms with van der Waals surface area (Å²) in [6.45, 7) is 7.62. The minimum Gasteiger partial charge on any atom is -0.489 e. The summed E-state index contributed by atoms with van der Waals surface area (Å²) in [5.74, 6) is 0.728. The standard InChI is InChI=1S/C16H27N3O2/c1-12(2)19-7-8-20-14(10-19)11-21-16-9-13(18(3)4)5-6-15(16)17/h5-6,9,12,14H,7-8,10-11,17H2,1-4H3. The van der Waals surface area contributed by atoms with Gasteiger partial charge >= 0.3 is 0 Å². The minimum atomic E-state index is 0.101. The average molecular weight is 293 g/mol. The van der Waals surface area contributed by atoms with E-state index in [1.165, 1.54) is 0 Å². The van der Waals surface area contributed by atoms with Crippen LogP contribution in [0.1, 0.15) is 13.8 Å². The van der Waals surface area contributed by atoms with Gasteiger partial charge in [-0.1, -0.05) is 0 Å². The van der Waals surface area contributed by atoms with Crippen molar-refractivity contribution in [1.82, 2.24) is 4.90 Å². The summed E-state index contributed by atoms with van der Waals surface area (Å²) in [5.41, 5.74) is 7.73. The zero-order valence-corrected chi connectivity index (χ0v) is 13.5. The number of nitrogens with zero attached hydrogens (tertiary/aromatic N) is 2. The molecule has 0 aliphatic carbocycles. The van der Waals surface area contributed by atoms with Gasteiger partial charge in [-0.3, -0.25) is 4.90 Å². The Hall–Kier alpha value is -1.46. The largest absolute Gasteiger partial charge is 0.489 e. The molecule has 5 nitrogen and oxygen atoms in total. The van der Waals surface area contributed by atoms with Crippen LogP contribution in [0.2, 0.25) is 0 Å². The Morgan fingerprint density at radius 3 is 2.86 bits per heavy atom. The Kier molecular flexibility index (Phi) is 5.31. The maximum absolute atomic E-state index is 5.99. The van der Waals surface area contributed by atoms with E-state index in [-0.39, 0.29) is 6.10 Å². The third kappa shape index (κ3) is 4.25. The van der Waals surface area contributed by atoms with Gasteiger partial charge < -0.3 is 20.1 Å². The molecule has 5 heteroatoms. The first-order valence-corrected chi connectivity index (χ1v) is 7.52. The Balaban J connectivity index is 1.95. The van der Waals surface area contributed by atoms with E-state index in [9.17, 15) is 0 Å². The second kappa shape index (κ2) is 7.00. The molecule has 1 heterocycles. The lowest BCUT2D eigenvalue weighted by molar-refractivity contribution is -0.0563. The predicted molar refractivity (Wildman–Crippen MR) is 87.1 cm³/mol. The van der Waals surface area contributed by atoms with Crippen LogP contribution in [-0.4, -0.2) is 57.4 Å². The lowest BCUT2D eigenvalue weighted by atomic mass is 10.2. The fourth-order valence-electron chi connectivity index (χ4n) is 2.42. The van der Waals surface area contributed by atoms with Crippen molar-refractivity contribution in [2.75, 3.05) is 51.0 Å². The molecule has 1 unspecified atom stereocenters. The second-order valence-electron chi connectivity index (χ2n) is 6.01. The minimum absolute atomic E-state index is 0.101. The molecule has 2 N–H and O–H groups in total. The zero-order chi connectivity index (χ0) is 15.4. The Morgan fingerprint density at radius 1 is 1.43 bits per heavy atom. The molecule has 0 bridgehead atoms. The molecular formula is C16H27N3O2. The summed E-state index contributed by atoms with van der Waals surface area (Å²) >= 11 is 0. The van der Waals surface area contributed by atoms with Crippen molar-refractivity contribution in [2.45, 2.75) is 26.0 Å². The van der Waals surface area contributed by atoms with Crippen molar-refractivity contribution in [3.8, 4) is 5.75 Å². The summed E-state index contributed by atoms with van der Waals surface area (Å²) in [6, 6.07) is 6.38. The van der Waals surface area contributed by atoms with Crippen LogP contribution in [0.5, 0.6) is 5.75 Å². The molecule has 1 aromatic rings. The first-order chi connectivity index (χ1) is 9.97. The summed E-state index contributed by atoms with van der Waals surface area (Å²) in [4.78, 5) is 4.45. The first-order valence-electron chi connectivity index (χ1n) is 7.52. The second-order valence-corrected chi connectivity index (χ2v) is 6.01. The summed E-state index contributed by atoms with van der Waals surface area (Å²) in [5, 5.41) is 0. The molecule has 0 aromatic heterocycles. The fraction of sp³-hybridized carbons (Fsp3) is 0.625. The highest BCUT2D eigenvalue weighted by molar-refractivity contribution is 5.61. The monoisotopic (exact) mass is 293 g/mol. The number of hydrogen-bond donors (Lipinski definition) is 1. The summed E-state index contributed by atoms with van der Waals surface area (Å²) < 4.78 is 11.7. The Labute approximate surface area is 127 Å². The molecule has 1 atom stereocenters. The zero-order valence-electron chi connectivity index (χ0n) is 13.5. The van der Waals surface area contributed by atoms with Gasteiger partial charge in [0, 0.05) is 45.0 Å². The maximum atomic E-state index is 5.99. The van der Waals surface area contributed by atoms with Crippen molar-refractivity contribution in [1.29, 1.82) is 0 Å². The van der Waals surface area contributed by atoms with Crippen molar-refractivity contribution in [3.05, 3.63) is 18.2 Å². The Bertz CT molecular complexity index is 463. The third-order valence-electron chi connectivity index (χ3n) is 3.84. The van der Waals surface area contributed by atoms with Gasteiger partial charge in [0.05, 0.1) is 12.3 Å². The van der Waals surface area contributed by atoms with Gasteiger partial charge in [-0.05, 0) is 26.0 Å². The molecule has 1 fully saturated rings. The number of nitrogens with two attached hydrogens (primary N) is 1. The third-order valence-corrected chi connectivity index (χ3v) is 3.84. The van der Waals surface area contributed by atoms with Crippen LogP contribution in [-0.2, 0) is 4.74 Å². The highest BCUT2D eigenvalue weighted by Crippen LogP contribution is 2.27. The van der Waals surface area contributed by atoms with E-state index in [1.807, 2.05) is 37.2 Å². The van der Waals surface area contributed by atoms with Crippen LogP contribution < -0.4 is 15.4 Å². The highest BCUT2D eigenvalue weighted by atomic mass is 16.5. The maximum Gasteiger partial charge on any atom is 0.144 e. The van der Waals surface area contributed by atoms with Crippen LogP contribution in [0.25, 0.3) is 0 Å². The highest BCUT2D eigenvalue weighted by Gasteiger charge is 2.22. The number of benzene rings is 1. The molecular weight excluding hydrogens is 266 g/mol. The smallest absolute Gasteiger partial charge is 0.144 e. The van der Waals surface area contributed by atoms with Crippen LogP contribution in [0.15, 0.2) is 18.2 Å². The molecule has 0 radical (unpaired) electrons. The van der Waals surface area contributed by atoms with Crippen LogP contribution in [0.4, 0.5) is 11.4 Å². The summed E-state index contributed by atoms with van der Waals surface area (Å²) in [7, 11) is 4.00. The molecule has 0 amide bonds. The van der Waals surface area contributed by atoms with Gasteiger partial charge in [0.1, 0.15) is 18.5 Å². The molecule has 2 rings (SSSR count). The number of morpholine rings is 1. The van der Waals surface area contributed by atoms with Crippen molar-refractivity contribution in [3.63, 3.8) is 0 Å². The van der Waals surface area contributed by atoms with Gasteiger partial charge in [0.2, 0.25) is 0 Å². The number of ether oxygens (including phenoxy) is 2. The molecule has 0 saturated carbocycles. The molecule has 1 aliphatic rings. The average Bonchev–Trinajstić information content (AvgIpc) is 2.46. The number of nitrogen functional groups attached to an aromatic ring is 1. The van der Waals surface area contributed by atoms with E-state index >= 15 is 0 Å². The molecule has 0 spiro atoms. The lowest BCUT2D eigenvalue weighted by Gasteiger charge is -2.35. The van der Waals surface area contributed by atoms with E-state index in [0.717, 1.165) is 31.1 Å². The molecule has 1 aliphatic heterocycles. The van der Waals surface area contributed by atoms with E-state index in [1.54, 1.807) is 0 Å². The van der Waals surface area contributed by atoms with E-state index in [2.05, 4.69) is 18.7 Å². The molecule has 1 aromatic carbocycles. The quantitative estimate of drug-likeness (QED) is 0.839. The van der Waals surface area contributed by atoms with E-state index < -0.39 is 0 Å². The topological polar surface area (TPSA) is 51.0 Å². The van der Waals surface area contributed by atoms with Gasteiger partial charge in [-0.15, -0.1) is 0 Å². The van der Waals surface area contributed by atoms with E-state index in [0.29, 0.717) is 18.3 Å². The van der Waals surface area contributed by atoms with Gasteiger partial charge in [0.25, 0.3) is 0 Å². The molecule has 21 heavy (non-hydrogen) atoms. The van der Waals surface area contributed by atoms with Crippen LogP contribution in [0.3, 0.4) is 0 Å². The van der Waals surface area contributed by atoms with Crippen LogP contribution >= 0.6 is 0 Å². The lowest BCUT2D eigenvalue weighted by Crippen LogP contribution is -2.47. The van der Waals surface area contributed by atoms with Crippen molar-refractivity contribution < 1.29 is 9.47 Å². The predicted octanol–water partition coefficient (Wildman–Crippen LogP) is 1.82. The molecule has 1 saturated heterocycles. The van der Waals surface area contributed by atoms with Gasteiger partial charge in [-0.2, -0.15) is 0 Å². The number of rotatable bonds is 5. The van der Waals surface area contributed by atoms with Gasteiger partial charge in [0.15, 0.2) is 0 Å². The number of hydrogen-bond acceptors (Lipinski definition) is 5. The summed E-state index contributed by atoms with van der Waals surface area (Å²) in [6.07, 6.45) is 0.101. The van der Waals surface area contributed by atoms with E-state index in [4.69, 9.17) is 15.2 Å². The fourth-order valence-corrected chi connectivity index (χ4v) is 2.42. The Morgan fingerprint density at radius 2 is 2.19 bits per heavy atom. The van der Waals surface area contributed by atoms with Gasteiger partial charge in [-0.25, -0.2) is 0 Å². The van der Waals surface area contributed by atoms with Crippen LogP contribution in [0, 0.1) is 0 Å². The first kappa shape index (κ1) is 15.9. The van der Waals surface area contributed by atoms with Crippen molar-refractivity contribution in [2.24, 2.45) is 0 Å². The number of anilines is 2.